The number of amides is 1. The zero-order valence-corrected chi connectivity index (χ0v) is 9.00. The molecule has 0 saturated heterocycles. The van der Waals surface area contributed by atoms with E-state index in [-0.39, 0.29) is 25.0 Å². The molecule has 5 heteroatoms. The van der Waals surface area contributed by atoms with Crippen molar-refractivity contribution in [2.75, 3.05) is 33.7 Å². The van der Waals surface area contributed by atoms with Crippen molar-refractivity contribution in [3.05, 3.63) is 0 Å². The molecule has 0 fully saturated rings. The maximum atomic E-state index is 11.1. The van der Waals surface area contributed by atoms with Gasteiger partial charge in [0.2, 0.25) is 5.91 Å². The summed E-state index contributed by atoms with van der Waals surface area (Å²) >= 11 is 0. The van der Waals surface area contributed by atoms with Crippen LogP contribution in [0.15, 0.2) is 0 Å². The molecule has 0 aliphatic rings. The quantitative estimate of drug-likeness (QED) is 0.546. The first kappa shape index (κ1) is 12.9. The standard InChI is InChI=1S/C9H18N4O/c1-8(7-13(2)3)12-6-9(14)11-5-4-10/h8,12H,5-7H2,1-3H3,(H,11,14). The lowest BCUT2D eigenvalue weighted by Crippen LogP contribution is -2.42. The minimum Gasteiger partial charge on any atom is -0.342 e. The summed E-state index contributed by atoms with van der Waals surface area (Å²) in [5.74, 6) is -0.142. The molecule has 1 unspecified atom stereocenters. The van der Waals surface area contributed by atoms with Gasteiger partial charge in [-0.25, -0.2) is 0 Å². The van der Waals surface area contributed by atoms with Crippen LogP contribution in [-0.4, -0.2) is 50.6 Å². The molecule has 0 heterocycles. The largest absolute Gasteiger partial charge is 0.342 e. The van der Waals surface area contributed by atoms with Gasteiger partial charge in [-0.05, 0) is 21.0 Å². The summed E-state index contributed by atoms with van der Waals surface area (Å²) < 4.78 is 0. The summed E-state index contributed by atoms with van der Waals surface area (Å²) in [7, 11) is 3.96. The van der Waals surface area contributed by atoms with E-state index in [2.05, 4.69) is 10.6 Å². The fourth-order valence-corrected chi connectivity index (χ4v) is 1.08. The van der Waals surface area contributed by atoms with Gasteiger partial charge in [0.25, 0.3) is 0 Å². The van der Waals surface area contributed by atoms with Gasteiger partial charge in [0.15, 0.2) is 0 Å². The number of likely N-dealkylation sites (N-methyl/N-ethyl adjacent to an activating group) is 1. The van der Waals surface area contributed by atoms with Crippen LogP contribution in [0.5, 0.6) is 0 Å². The molecule has 0 aliphatic carbocycles. The second-order valence-corrected chi connectivity index (χ2v) is 3.48. The second-order valence-electron chi connectivity index (χ2n) is 3.48. The molecule has 0 aliphatic heterocycles. The number of nitrogens with zero attached hydrogens (tertiary/aromatic N) is 2. The smallest absolute Gasteiger partial charge is 0.234 e. The van der Waals surface area contributed by atoms with E-state index in [4.69, 9.17) is 5.26 Å². The molecule has 5 nitrogen and oxygen atoms in total. The molecular formula is C9H18N4O. The van der Waals surface area contributed by atoms with Gasteiger partial charge in [0.05, 0.1) is 12.6 Å². The summed E-state index contributed by atoms with van der Waals surface area (Å²) in [6, 6.07) is 2.11. The zero-order chi connectivity index (χ0) is 11.0. The van der Waals surface area contributed by atoms with Crippen LogP contribution in [0.1, 0.15) is 6.92 Å². The van der Waals surface area contributed by atoms with Gasteiger partial charge >= 0.3 is 0 Å². The highest BCUT2D eigenvalue weighted by atomic mass is 16.1. The van der Waals surface area contributed by atoms with E-state index in [0.29, 0.717) is 0 Å². The third-order valence-electron chi connectivity index (χ3n) is 1.61. The highest BCUT2D eigenvalue weighted by Gasteiger charge is 2.05. The van der Waals surface area contributed by atoms with Gasteiger partial charge in [-0.2, -0.15) is 5.26 Å². The van der Waals surface area contributed by atoms with Crippen LogP contribution < -0.4 is 10.6 Å². The van der Waals surface area contributed by atoms with E-state index in [1.54, 1.807) is 0 Å². The van der Waals surface area contributed by atoms with E-state index in [9.17, 15) is 4.79 Å². The predicted molar refractivity (Wildman–Crippen MR) is 54.6 cm³/mol. The van der Waals surface area contributed by atoms with E-state index in [1.165, 1.54) is 0 Å². The SMILES string of the molecule is CC(CN(C)C)NCC(=O)NCC#N. The first-order valence-corrected chi connectivity index (χ1v) is 4.58. The van der Waals surface area contributed by atoms with Crippen molar-refractivity contribution in [2.45, 2.75) is 13.0 Å². The fourth-order valence-electron chi connectivity index (χ4n) is 1.08. The summed E-state index contributed by atoms with van der Waals surface area (Å²) in [5.41, 5.74) is 0. The van der Waals surface area contributed by atoms with Gasteiger partial charge in [-0.1, -0.05) is 0 Å². The van der Waals surface area contributed by atoms with E-state index in [1.807, 2.05) is 32.0 Å². The van der Waals surface area contributed by atoms with E-state index in [0.717, 1.165) is 6.54 Å². The van der Waals surface area contributed by atoms with Crippen LogP contribution in [-0.2, 0) is 4.79 Å². The van der Waals surface area contributed by atoms with Crippen molar-refractivity contribution in [1.82, 2.24) is 15.5 Å². The summed E-state index contributed by atoms with van der Waals surface area (Å²) in [6.07, 6.45) is 0. The number of hydrogen-bond donors (Lipinski definition) is 2. The molecule has 0 bridgehead atoms. The Bertz CT molecular complexity index is 209. The Morgan fingerprint density at radius 3 is 2.71 bits per heavy atom. The van der Waals surface area contributed by atoms with Gasteiger partial charge in [0.1, 0.15) is 6.54 Å². The van der Waals surface area contributed by atoms with Crippen molar-refractivity contribution in [3.63, 3.8) is 0 Å². The van der Waals surface area contributed by atoms with E-state index < -0.39 is 0 Å². The summed E-state index contributed by atoms with van der Waals surface area (Å²) in [6.45, 7) is 3.22. The molecule has 1 amide bonds. The fraction of sp³-hybridized carbons (Fsp3) is 0.778. The number of nitriles is 1. The Balaban J connectivity index is 3.51. The van der Waals surface area contributed by atoms with Crippen LogP contribution >= 0.6 is 0 Å². The molecule has 0 aromatic rings. The molecule has 0 aromatic carbocycles. The first-order valence-electron chi connectivity index (χ1n) is 4.58. The van der Waals surface area contributed by atoms with Crippen LogP contribution in [0, 0.1) is 11.3 Å². The Hall–Kier alpha value is -1.12. The van der Waals surface area contributed by atoms with Crippen molar-refractivity contribution in [1.29, 1.82) is 5.26 Å². The van der Waals surface area contributed by atoms with Crippen molar-refractivity contribution >= 4 is 5.91 Å². The lowest BCUT2D eigenvalue weighted by molar-refractivity contribution is -0.120. The second kappa shape index (κ2) is 7.30. The average Bonchev–Trinajstić information content (AvgIpc) is 2.10. The number of hydrogen-bond acceptors (Lipinski definition) is 4. The Labute approximate surface area is 85.1 Å². The molecule has 0 rings (SSSR count). The average molecular weight is 198 g/mol. The molecule has 0 spiro atoms. The third kappa shape index (κ3) is 7.53. The Morgan fingerprint density at radius 1 is 1.57 bits per heavy atom. The number of nitrogens with one attached hydrogen (secondary N) is 2. The zero-order valence-electron chi connectivity index (χ0n) is 9.00. The Kier molecular flexibility index (Phi) is 6.72. The topological polar surface area (TPSA) is 68.2 Å². The van der Waals surface area contributed by atoms with Gasteiger partial charge < -0.3 is 15.5 Å². The van der Waals surface area contributed by atoms with Crippen LogP contribution in [0.3, 0.4) is 0 Å². The summed E-state index contributed by atoms with van der Waals surface area (Å²) in [5, 5.41) is 13.7. The molecule has 0 radical (unpaired) electrons. The predicted octanol–water partition coefficient (Wildman–Crippen LogP) is -0.834. The normalized spacial score (nSPS) is 12.2. The van der Waals surface area contributed by atoms with Gasteiger partial charge in [-0.15, -0.1) is 0 Å². The van der Waals surface area contributed by atoms with Crippen LogP contribution in [0.2, 0.25) is 0 Å². The Morgan fingerprint density at radius 2 is 2.21 bits per heavy atom. The molecule has 80 valence electrons. The van der Waals surface area contributed by atoms with Crippen molar-refractivity contribution < 1.29 is 4.79 Å². The molecule has 0 saturated carbocycles. The molecule has 1 atom stereocenters. The van der Waals surface area contributed by atoms with Crippen LogP contribution in [0.4, 0.5) is 0 Å². The van der Waals surface area contributed by atoms with Crippen LogP contribution in [0.25, 0.3) is 0 Å². The molecular weight excluding hydrogens is 180 g/mol. The molecule has 0 aromatic heterocycles. The highest BCUT2D eigenvalue weighted by molar-refractivity contribution is 5.78. The lowest BCUT2D eigenvalue weighted by Gasteiger charge is -2.17. The number of carbonyl (C=O) groups excluding carboxylic acids is 1. The van der Waals surface area contributed by atoms with E-state index >= 15 is 0 Å². The molecule has 14 heavy (non-hydrogen) atoms. The third-order valence-corrected chi connectivity index (χ3v) is 1.61. The monoisotopic (exact) mass is 198 g/mol. The van der Waals surface area contributed by atoms with Gasteiger partial charge in [0, 0.05) is 12.6 Å². The lowest BCUT2D eigenvalue weighted by atomic mass is 10.3. The number of carbonyl (C=O) groups is 1. The van der Waals surface area contributed by atoms with Crippen molar-refractivity contribution in [2.24, 2.45) is 0 Å². The first-order chi connectivity index (χ1) is 6.56. The van der Waals surface area contributed by atoms with Gasteiger partial charge in [-0.3, -0.25) is 4.79 Å². The minimum atomic E-state index is -0.142. The maximum absolute atomic E-state index is 11.1. The maximum Gasteiger partial charge on any atom is 0.234 e. The minimum absolute atomic E-state index is 0.0720. The highest BCUT2D eigenvalue weighted by Crippen LogP contribution is 1.83. The van der Waals surface area contributed by atoms with Crippen molar-refractivity contribution in [3.8, 4) is 6.07 Å². The number of rotatable bonds is 6. The molecule has 2 N–H and O–H groups in total. The summed E-state index contributed by atoms with van der Waals surface area (Å²) in [4.78, 5) is 13.1.